The van der Waals surface area contributed by atoms with E-state index in [1.165, 1.54) is 38.2 Å². The summed E-state index contributed by atoms with van der Waals surface area (Å²) in [4.78, 5) is 7.30. The summed E-state index contributed by atoms with van der Waals surface area (Å²) in [6.07, 6.45) is 2.61. The number of rotatable bonds is 2. The number of oxime groups is 1. The molecule has 3 saturated heterocycles. The van der Waals surface area contributed by atoms with Gasteiger partial charge in [0.05, 0.1) is 5.71 Å². The third kappa shape index (κ3) is 1.04. The van der Waals surface area contributed by atoms with Crippen molar-refractivity contribution in [2.75, 3.05) is 26.7 Å². The SMILES string of the molecule is CO/N=C(\C)C12CCCN(C1)C2. The fraction of sp³-hybridized carbons (Fsp3) is 0.889. The van der Waals surface area contributed by atoms with Gasteiger partial charge in [0.1, 0.15) is 7.11 Å². The van der Waals surface area contributed by atoms with E-state index in [9.17, 15) is 0 Å². The summed E-state index contributed by atoms with van der Waals surface area (Å²) in [5.41, 5.74) is 1.56. The van der Waals surface area contributed by atoms with Crippen LogP contribution in [0.5, 0.6) is 0 Å². The molecule has 0 radical (unpaired) electrons. The van der Waals surface area contributed by atoms with Crippen LogP contribution >= 0.6 is 0 Å². The van der Waals surface area contributed by atoms with Crippen molar-refractivity contribution in [3.05, 3.63) is 0 Å². The Morgan fingerprint density at radius 3 is 2.75 bits per heavy atom. The van der Waals surface area contributed by atoms with Crippen LogP contribution in [0.4, 0.5) is 0 Å². The van der Waals surface area contributed by atoms with Gasteiger partial charge in [-0.15, -0.1) is 0 Å². The van der Waals surface area contributed by atoms with Crippen molar-refractivity contribution in [2.45, 2.75) is 19.8 Å². The average molecular weight is 168 g/mol. The first-order chi connectivity index (χ1) is 5.77. The molecule has 3 aliphatic rings. The van der Waals surface area contributed by atoms with Gasteiger partial charge in [0.25, 0.3) is 0 Å². The first kappa shape index (κ1) is 8.05. The molecule has 0 atom stereocenters. The molecule has 12 heavy (non-hydrogen) atoms. The maximum absolute atomic E-state index is 4.82. The van der Waals surface area contributed by atoms with Crippen LogP contribution in [0.3, 0.4) is 0 Å². The van der Waals surface area contributed by atoms with E-state index in [2.05, 4.69) is 17.0 Å². The quantitative estimate of drug-likeness (QED) is 0.455. The van der Waals surface area contributed by atoms with Crippen molar-refractivity contribution in [3.63, 3.8) is 0 Å². The van der Waals surface area contributed by atoms with Crippen LogP contribution in [0.25, 0.3) is 0 Å². The van der Waals surface area contributed by atoms with Gasteiger partial charge in [-0.2, -0.15) is 0 Å². The van der Waals surface area contributed by atoms with Crippen LogP contribution in [0.2, 0.25) is 0 Å². The highest BCUT2D eigenvalue weighted by molar-refractivity contribution is 5.89. The largest absolute Gasteiger partial charge is 0.399 e. The molecule has 3 heterocycles. The third-order valence-electron chi connectivity index (χ3n) is 3.18. The van der Waals surface area contributed by atoms with Gasteiger partial charge in [-0.3, -0.25) is 0 Å². The molecule has 3 nitrogen and oxygen atoms in total. The van der Waals surface area contributed by atoms with Crippen LogP contribution in [0.15, 0.2) is 5.16 Å². The van der Waals surface area contributed by atoms with Gasteiger partial charge >= 0.3 is 0 Å². The lowest BCUT2D eigenvalue weighted by Crippen LogP contribution is -2.63. The molecule has 0 aromatic heterocycles. The van der Waals surface area contributed by atoms with Crippen LogP contribution in [-0.2, 0) is 4.84 Å². The minimum atomic E-state index is 0.383. The van der Waals surface area contributed by atoms with E-state index >= 15 is 0 Å². The van der Waals surface area contributed by atoms with Gasteiger partial charge in [-0.05, 0) is 26.3 Å². The number of nitrogens with zero attached hydrogens (tertiary/aromatic N) is 2. The van der Waals surface area contributed by atoms with E-state index in [1.807, 2.05) is 0 Å². The van der Waals surface area contributed by atoms with Gasteiger partial charge in [0.2, 0.25) is 0 Å². The lowest BCUT2D eigenvalue weighted by atomic mass is 9.69. The number of piperidine rings is 2. The molecule has 3 heteroatoms. The van der Waals surface area contributed by atoms with Gasteiger partial charge in [-0.25, -0.2) is 0 Å². The lowest BCUT2D eigenvalue weighted by molar-refractivity contribution is 0.00122. The number of hydrogen-bond acceptors (Lipinski definition) is 3. The Balaban J connectivity index is 2.07. The summed E-state index contributed by atoms with van der Waals surface area (Å²) in [5.74, 6) is 0. The molecule has 0 saturated carbocycles. The molecule has 0 N–H and O–H groups in total. The van der Waals surface area contributed by atoms with Gasteiger partial charge < -0.3 is 9.74 Å². The van der Waals surface area contributed by atoms with Crippen molar-refractivity contribution in [1.82, 2.24) is 4.90 Å². The molecule has 0 amide bonds. The predicted octanol–water partition coefficient (Wildman–Crippen LogP) is 1.10. The van der Waals surface area contributed by atoms with Crippen molar-refractivity contribution >= 4 is 5.71 Å². The van der Waals surface area contributed by atoms with Crippen LogP contribution in [-0.4, -0.2) is 37.4 Å². The lowest BCUT2D eigenvalue weighted by Gasteiger charge is -2.54. The zero-order chi connectivity index (χ0) is 8.60. The molecule has 3 rings (SSSR count). The Morgan fingerprint density at radius 2 is 2.25 bits per heavy atom. The van der Waals surface area contributed by atoms with Gasteiger partial charge in [0.15, 0.2) is 0 Å². The molecule has 3 aliphatic heterocycles. The number of fused-ring (bicyclic) bond motifs is 2. The molecule has 0 aromatic rings. The zero-order valence-corrected chi connectivity index (χ0v) is 7.84. The van der Waals surface area contributed by atoms with E-state index in [-0.39, 0.29) is 0 Å². The molecule has 0 spiro atoms. The highest BCUT2D eigenvalue weighted by Crippen LogP contribution is 2.41. The summed E-state index contributed by atoms with van der Waals surface area (Å²) in [5, 5.41) is 4.05. The maximum Gasteiger partial charge on any atom is 0.106 e. The summed E-state index contributed by atoms with van der Waals surface area (Å²) < 4.78 is 0. The zero-order valence-electron chi connectivity index (χ0n) is 7.84. The normalized spacial score (nSPS) is 40.5. The molecule has 0 aromatic carbocycles. The highest BCUT2D eigenvalue weighted by atomic mass is 16.6. The monoisotopic (exact) mass is 168 g/mol. The minimum Gasteiger partial charge on any atom is -0.399 e. The van der Waals surface area contributed by atoms with Crippen LogP contribution in [0, 0.1) is 5.41 Å². The standard InChI is InChI=1S/C9H16N2O/c1-8(10-12-2)9-4-3-5-11(6-9)7-9/h3-7H2,1-2H3/b10-8+. The van der Waals surface area contributed by atoms with E-state index in [0.29, 0.717) is 5.41 Å². The topological polar surface area (TPSA) is 24.8 Å². The van der Waals surface area contributed by atoms with E-state index < -0.39 is 0 Å². The number of hydrogen-bond donors (Lipinski definition) is 0. The smallest absolute Gasteiger partial charge is 0.106 e. The molecule has 3 fully saturated rings. The fourth-order valence-corrected chi connectivity index (χ4v) is 2.41. The first-order valence-electron chi connectivity index (χ1n) is 4.57. The fourth-order valence-electron chi connectivity index (χ4n) is 2.41. The second-order valence-electron chi connectivity index (χ2n) is 3.95. The van der Waals surface area contributed by atoms with Crippen LogP contribution < -0.4 is 0 Å². The Kier molecular flexibility index (Phi) is 1.83. The van der Waals surface area contributed by atoms with Gasteiger partial charge in [-0.1, -0.05) is 5.16 Å². The summed E-state index contributed by atoms with van der Waals surface area (Å²) in [7, 11) is 1.62. The van der Waals surface area contributed by atoms with Crippen molar-refractivity contribution in [2.24, 2.45) is 10.6 Å². The Hall–Kier alpha value is -0.570. The van der Waals surface area contributed by atoms with E-state index in [1.54, 1.807) is 7.11 Å². The van der Waals surface area contributed by atoms with Crippen molar-refractivity contribution < 1.29 is 4.84 Å². The highest BCUT2D eigenvalue weighted by Gasteiger charge is 2.48. The molecule has 0 aliphatic carbocycles. The van der Waals surface area contributed by atoms with Crippen molar-refractivity contribution in [1.29, 1.82) is 0 Å². The Morgan fingerprint density at radius 1 is 1.50 bits per heavy atom. The van der Waals surface area contributed by atoms with E-state index in [0.717, 1.165) is 0 Å². The van der Waals surface area contributed by atoms with Crippen molar-refractivity contribution in [3.8, 4) is 0 Å². The Bertz CT molecular complexity index is 201. The average Bonchev–Trinajstić information content (AvgIpc) is 2.04. The minimum absolute atomic E-state index is 0.383. The molecular weight excluding hydrogens is 152 g/mol. The van der Waals surface area contributed by atoms with Gasteiger partial charge in [0, 0.05) is 18.5 Å². The molecule has 2 bridgehead atoms. The predicted molar refractivity (Wildman–Crippen MR) is 48.2 cm³/mol. The molecule has 0 unspecified atom stereocenters. The maximum atomic E-state index is 4.82. The second kappa shape index (κ2) is 2.73. The summed E-state index contributed by atoms with van der Waals surface area (Å²) >= 11 is 0. The summed E-state index contributed by atoms with van der Waals surface area (Å²) in [6.45, 7) is 5.77. The Labute approximate surface area is 73.4 Å². The third-order valence-corrected chi connectivity index (χ3v) is 3.18. The summed E-state index contributed by atoms with van der Waals surface area (Å²) in [6, 6.07) is 0. The molecular formula is C9H16N2O. The first-order valence-corrected chi connectivity index (χ1v) is 4.57. The second-order valence-corrected chi connectivity index (χ2v) is 3.95. The van der Waals surface area contributed by atoms with E-state index in [4.69, 9.17) is 4.84 Å². The van der Waals surface area contributed by atoms with Crippen LogP contribution in [0.1, 0.15) is 19.8 Å². The molecule has 68 valence electrons.